The largest absolute Gasteiger partial charge is 0.465 e. The third-order valence-electron chi connectivity index (χ3n) is 11.9. The molecule has 0 atom stereocenters. The monoisotopic (exact) mass is 867 g/mol. The van der Waals surface area contributed by atoms with Gasteiger partial charge in [0.2, 0.25) is 0 Å². The van der Waals surface area contributed by atoms with Gasteiger partial charge in [0.15, 0.2) is 0 Å². The quantitative estimate of drug-likeness (QED) is 0.0363. The molecule has 0 aliphatic carbocycles. The molecule has 1 N–H and O–H groups in total. The highest BCUT2D eigenvalue weighted by Crippen LogP contribution is 2.14. The van der Waals surface area contributed by atoms with E-state index < -0.39 is 0 Å². The Morgan fingerprint density at radius 3 is 0.852 bits per heavy atom. The van der Waals surface area contributed by atoms with Crippen molar-refractivity contribution in [2.24, 2.45) is 0 Å². The standard InChI is InChI=1S/C52H102N2O7/c1-4-7-10-13-16-19-22-25-28-31-36-44-59-50(56)47-53(40-34-35-43-55)41-39-42-54(48-51(57)60-45-37-32-29-26-23-20-17-14-11-8-5-2)49-52(58)61-46-38-33-30-27-24-21-18-15-12-9-6-3/h55H,4-49H2,1-3H3. The van der Waals surface area contributed by atoms with Crippen molar-refractivity contribution >= 4 is 17.9 Å². The topological polar surface area (TPSA) is 106 Å². The molecule has 0 aromatic heterocycles. The van der Waals surface area contributed by atoms with Gasteiger partial charge in [0.1, 0.15) is 0 Å². The predicted molar refractivity (Wildman–Crippen MR) is 256 cm³/mol. The van der Waals surface area contributed by atoms with E-state index in [0.717, 1.165) is 44.9 Å². The van der Waals surface area contributed by atoms with E-state index >= 15 is 0 Å². The Labute approximate surface area is 377 Å². The summed E-state index contributed by atoms with van der Waals surface area (Å²) >= 11 is 0. The number of hydrogen-bond donors (Lipinski definition) is 1. The number of esters is 3. The Hall–Kier alpha value is -1.71. The van der Waals surface area contributed by atoms with E-state index in [0.29, 0.717) is 52.3 Å². The molecule has 0 aromatic carbocycles. The molecular formula is C52H102N2O7. The van der Waals surface area contributed by atoms with Crippen LogP contribution < -0.4 is 0 Å². The smallest absolute Gasteiger partial charge is 0.320 e. The van der Waals surface area contributed by atoms with Crippen molar-refractivity contribution < 1.29 is 33.7 Å². The van der Waals surface area contributed by atoms with Crippen molar-refractivity contribution in [3.63, 3.8) is 0 Å². The molecule has 0 rings (SSSR count). The van der Waals surface area contributed by atoms with Crippen LogP contribution in [0, 0.1) is 0 Å². The van der Waals surface area contributed by atoms with E-state index in [1.807, 2.05) is 4.90 Å². The van der Waals surface area contributed by atoms with Crippen LogP contribution in [0.25, 0.3) is 0 Å². The number of rotatable bonds is 50. The number of aliphatic hydroxyl groups excluding tert-OH is 1. The third-order valence-corrected chi connectivity index (χ3v) is 11.9. The van der Waals surface area contributed by atoms with E-state index in [-0.39, 0.29) is 44.1 Å². The summed E-state index contributed by atoms with van der Waals surface area (Å²) in [4.78, 5) is 42.6. The maximum atomic E-state index is 13.0. The summed E-state index contributed by atoms with van der Waals surface area (Å²) < 4.78 is 16.9. The van der Waals surface area contributed by atoms with Crippen LogP contribution in [0.3, 0.4) is 0 Å². The highest BCUT2D eigenvalue weighted by Gasteiger charge is 2.18. The summed E-state index contributed by atoms with van der Waals surface area (Å²) in [5.74, 6) is -0.836. The zero-order valence-corrected chi connectivity index (χ0v) is 40.8. The molecule has 0 aromatic rings. The van der Waals surface area contributed by atoms with Crippen LogP contribution in [0.2, 0.25) is 0 Å². The van der Waals surface area contributed by atoms with Gasteiger partial charge in [0.05, 0.1) is 39.5 Å². The summed E-state index contributed by atoms with van der Waals surface area (Å²) in [6.45, 7) is 10.2. The zero-order valence-electron chi connectivity index (χ0n) is 40.8. The Kier molecular flexibility index (Phi) is 47.9. The fraction of sp³-hybridized carbons (Fsp3) is 0.942. The highest BCUT2D eigenvalue weighted by molar-refractivity contribution is 5.75. The van der Waals surface area contributed by atoms with Gasteiger partial charge in [-0.2, -0.15) is 0 Å². The number of unbranched alkanes of at least 4 members (excludes halogenated alkanes) is 31. The highest BCUT2D eigenvalue weighted by atomic mass is 16.5. The van der Waals surface area contributed by atoms with Gasteiger partial charge < -0.3 is 19.3 Å². The molecule has 9 nitrogen and oxygen atoms in total. The first-order valence-corrected chi connectivity index (χ1v) is 26.5. The third kappa shape index (κ3) is 46.1. The SMILES string of the molecule is CCCCCCCCCCCCCOC(=O)CN(CCCCO)CCCN(CC(=O)OCCCCCCCCCCCCC)CC(=O)OCCCCCCCCCCCCC. The van der Waals surface area contributed by atoms with Crippen LogP contribution in [-0.2, 0) is 28.6 Å². The Bertz CT molecular complexity index is 893. The molecule has 0 radical (unpaired) electrons. The van der Waals surface area contributed by atoms with E-state index in [1.165, 1.54) is 173 Å². The van der Waals surface area contributed by atoms with Crippen LogP contribution >= 0.6 is 0 Å². The Balaban J connectivity index is 4.75. The van der Waals surface area contributed by atoms with Crippen LogP contribution in [0.5, 0.6) is 0 Å². The summed E-state index contributed by atoms with van der Waals surface area (Å²) in [6.07, 6.45) is 43.2. The lowest BCUT2D eigenvalue weighted by Gasteiger charge is -2.24. The Morgan fingerprint density at radius 1 is 0.311 bits per heavy atom. The first-order valence-electron chi connectivity index (χ1n) is 26.5. The minimum Gasteiger partial charge on any atom is -0.465 e. The van der Waals surface area contributed by atoms with Gasteiger partial charge in [0, 0.05) is 13.2 Å². The van der Waals surface area contributed by atoms with Crippen molar-refractivity contribution in [1.29, 1.82) is 0 Å². The molecule has 0 amide bonds. The van der Waals surface area contributed by atoms with Gasteiger partial charge >= 0.3 is 17.9 Å². The van der Waals surface area contributed by atoms with Gasteiger partial charge in [-0.1, -0.05) is 213 Å². The number of hydrogen-bond acceptors (Lipinski definition) is 9. The van der Waals surface area contributed by atoms with Crippen molar-refractivity contribution in [2.45, 2.75) is 252 Å². The lowest BCUT2D eigenvalue weighted by atomic mass is 10.1. The molecule has 0 spiro atoms. The first-order chi connectivity index (χ1) is 30.0. The lowest BCUT2D eigenvalue weighted by molar-refractivity contribution is -0.149. The van der Waals surface area contributed by atoms with Crippen molar-refractivity contribution in [3.05, 3.63) is 0 Å². The number of aliphatic hydroxyl groups is 1. The van der Waals surface area contributed by atoms with Crippen molar-refractivity contribution in [3.8, 4) is 0 Å². The number of carbonyl (C=O) groups excluding carboxylic acids is 3. The normalized spacial score (nSPS) is 11.5. The molecule has 9 heteroatoms. The molecule has 0 unspecified atom stereocenters. The summed E-state index contributed by atoms with van der Waals surface area (Å²) in [5, 5.41) is 9.38. The van der Waals surface area contributed by atoms with Gasteiger partial charge in [-0.15, -0.1) is 0 Å². The molecule has 0 aliphatic heterocycles. The zero-order chi connectivity index (χ0) is 44.5. The van der Waals surface area contributed by atoms with E-state index in [1.54, 1.807) is 0 Å². The molecular weight excluding hydrogens is 765 g/mol. The number of ether oxygens (including phenoxy) is 3. The minimum atomic E-state index is -0.309. The molecule has 0 fully saturated rings. The molecule has 0 saturated heterocycles. The number of nitrogens with zero attached hydrogens (tertiary/aromatic N) is 2. The predicted octanol–water partition coefficient (Wildman–Crippen LogP) is 13.3. The average molecular weight is 867 g/mol. The summed E-state index contributed by atoms with van der Waals surface area (Å²) in [7, 11) is 0. The van der Waals surface area contributed by atoms with Gasteiger partial charge in [-0.3, -0.25) is 24.2 Å². The average Bonchev–Trinajstić information content (AvgIpc) is 3.24. The second-order valence-corrected chi connectivity index (χ2v) is 18.0. The van der Waals surface area contributed by atoms with Crippen LogP contribution in [-0.4, -0.2) is 98.5 Å². The summed E-state index contributed by atoms with van der Waals surface area (Å²) in [5.41, 5.74) is 0. The van der Waals surface area contributed by atoms with Gasteiger partial charge in [-0.25, -0.2) is 0 Å². The molecule has 0 bridgehead atoms. The number of carbonyl (C=O) groups is 3. The molecule has 0 heterocycles. The minimum absolute atomic E-state index is 0.0388. The molecule has 0 aliphatic rings. The van der Waals surface area contributed by atoms with E-state index in [4.69, 9.17) is 14.2 Å². The second-order valence-electron chi connectivity index (χ2n) is 18.0. The van der Waals surface area contributed by atoms with Crippen molar-refractivity contribution in [1.82, 2.24) is 9.80 Å². The van der Waals surface area contributed by atoms with Gasteiger partial charge in [0.25, 0.3) is 0 Å². The maximum Gasteiger partial charge on any atom is 0.320 e. The molecule has 61 heavy (non-hydrogen) atoms. The molecule has 362 valence electrons. The first kappa shape index (κ1) is 59.3. The van der Waals surface area contributed by atoms with Crippen molar-refractivity contribution in [2.75, 3.05) is 65.7 Å². The fourth-order valence-electron chi connectivity index (χ4n) is 7.99. The lowest BCUT2D eigenvalue weighted by Crippen LogP contribution is -2.39. The summed E-state index contributed by atoms with van der Waals surface area (Å²) in [6, 6.07) is 0. The van der Waals surface area contributed by atoms with E-state index in [9.17, 15) is 19.5 Å². The van der Waals surface area contributed by atoms with Crippen LogP contribution in [0.1, 0.15) is 252 Å². The van der Waals surface area contributed by atoms with Crippen LogP contribution in [0.15, 0.2) is 0 Å². The maximum absolute atomic E-state index is 13.0. The Morgan fingerprint density at radius 2 is 0.557 bits per heavy atom. The van der Waals surface area contributed by atoms with E-state index in [2.05, 4.69) is 25.7 Å². The van der Waals surface area contributed by atoms with Crippen LogP contribution in [0.4, 0.5) is 0 Å². The fourth-order valence-corrected chi connectivity index (χ4v) is 7.99. The molecule has 0 saturated carbocycles. The van der Waals surface area contributed by atoms with Gasteiger partial charge in [-0.05, 0) is 51.6 Å². The second kappa shape index (κ2) is 49.3.